The van der Waals surface area contributed by atoms with Gasteiger partial charge in [-0.15, -0.1) is 0 Å². The van der Waals surface area contributed by atoms with Crippen molar-refractivity contribution >= 4 is 21.7 Å². The Morgan fingerprint density at radius 1 is 0.897 bits per heavy atom. The molecule has 2 N–H and O–H groups in total. The Hall–Kier alpha value is -2.34. The van der Waals surface area contributed by atoms with Gasteiger partial charge in [0.2, 0.25) is 0 Å². The average molecular weight is 418 g/mol. The lowest BCUT2D eigenvalue weighted by Gasteiger charge is -2.12. The molecule has 2 rings (SSSR count). The monoisotopic (exact) mass is 417 g/mol. The fraction of sp³-hybridized carbons (Fsp3) is 0.435. The Kier molecular flexibility index (Phi) is 8.70. The predicted octanol–water partition coefficient (Wildman–Crippen LogP) is 5.65. The molecule has 2 aromatic rings. The topological polar surface area (TPSA) is 83.5 Å². The maximum atomic E-state index is 12.7. The van der Waals surface area contributed by atoms with Gasteiger partial charge in [0.05, 0.1) is 16.1 Å². The first-order chi connectivity index (χ1) is 13.9. The molecule has 0 heterocycles. The number of hydrogen-bond acceptors (Lipinski definition) is 3. The van der Waals surface area contributed by atoms with Gasteiger partial charge in [0, 0.05) is 0 Å². The van der Waals surface area contributed by atoms with Crippen LogP contribution in [0.2, 0.25) is 0 Å². The van der Waals surface area contributed by atoms with Gasteiger partial charge in [-0.25, -0.2) is 13.2 Å². The highest BCUT2D eigenvalue weighted by Crippen LogP contribution is 2.23. The number of carboxylic acid groups (broad SMARTS) is 1. The molecule has 6 heteroatoms. The lowest BCUT2D eigenvalue weighted by molar-refractivity contribution is 0.0698. The molecule has 0 radical (unpaired) electrons. The minimum atomic E-state index is -3.85. The molecule has 0 aliphatic rings. The van der Waals surface area contributed by atoms with Crippen LogP contribution in [0.3, 0.4) is 0 Å². The van der Waals surface area contributed by atoms with E-state index in [0.717, 1.165) is 24.0 Å². The van der Waals surface area contributed by atoms with Crippen molar-refractivity contribution in [3.8, 4) is 0 Å². The van der Waals surface area contributed by atoms with Crippen molar-refractivity contribution in [3.63, 3.8) is 0 Å². The molecule has 0 saturated carbocycles. The van der Waals surface area contributed by atoms with Crippen LogP contribution in [0, 0.1) is 0 Å². The number of aryl methyl sites for hydroxylation is 2. The molecule has 0 aliphatic carbocycles. The molecule has 5 nitrogen and oxygen atoms in total. The van der Waals surface area contributed by atoms with E-state index in [1.165, 1.54) is 44.2 Å². The van der Waals surface area contributed by atoms with E-state index in [1.54, 1.807) is 18.2 Å². The van der Waals surface area contributed by atoms with Crippen molar-refractivity contribution in [2.45, 2.75) is 70.1 Å². The molecule has 0 aliphatic heterocycles. The van der Waals surface area contributed by atoms with Crippen LogP contribution in [0.5, 0.6) is 0 Å². The van der Waals surface area contributed by atoms with Crippen LogP contribution in [-0.2, 0) is 22.9 Å². The lowest BCUT2D eigenvalue weighted by Crippen LogP contribution is -2.16. The molecule has 0 saturated heterocycles. The van der Waals surface area contributed by atoms with Crippen molar-refractivity contribution in [3.05, 3.63) is 59.2 Å². The highest BCUT2D eigenvalue weighted by atomic mass is 32.2. The zero-order valence-corrected chi connectivity index (χ0v) is 18.1. The Morgan fingerprint density at radius 3 is 2.14 bits per heavy atom. The Morgan fingerprint density at radius 2 is 1.52 bits per heavy atom. The quantitative estimate of drug-likeness (QED) is 0.437. The van der Waals surface area contributed by atoms with Crippen molar-refractivity contribution in [2.75, 3.05) is 4.72 Å². The van der Waals surface area contributed by atoms with Gasteiger partial charge >= 0.3 is 5.97 Å². The number of rotatable bonds is 12. The first kappa shape index (κ1) is 22.9. The van der Waals surface area contributed by atoms with Crippen LogP contribution in [0.15, 0.2) is 47.4 Å². The molecule has 29 heavy (non-hydrogen) atoms. The molecular formula is C23H31NO4S. The Balaban J connectivity index is 2.04. The smallest absolute Gasteiger partial charge is 0.337 e. The lowest BCUT2D eigenvalue weighted by atomic mass is 10.1. The van der Waals surface area contributed by atoms with E-state index in [2.05, 4.69) is 11.6 Å². The van der Waals surface area contributed by atoms with Crippen LogP contribution in [0.4, 0.5) is 5.69 Å². The summed E-state index contributed by atoms with van der Waals surface area (Å²) in [5.41, 5.74) is 1.97. The number of unbranched alkanes of at least 4 members (excludes halogenated alkanes) is 5. The van der Waals surface area contributed by atoms with Gasteiger partial charge < -0.3 is 5.11 Å². The number of carboxylic acids is 1. The van der Waals surface area contributed by atoms with Crippen molar-refractivity contribution < 1.29 is 18.3 Å². The third-order valence-electron chi connectivity index (χ3n) is 5.02. The number of anilines is 1. The van der Waals surface area contributed by atoms with Crippen LogP contribution in [-0.4, -0.2) is 19.5 Å². The zero-order valence-electron chi connectivity index (χ0n) is 17.3. The second-order valence-corrected chi connectivity index (χ2v) is 8.99. The summed E-state index contributed by atoms with van der Waals surface area (Å²) in [5, 5.41) is 9.41. The molecule has 0 spiro atoms. The molecule has 2 aromatic carbocycles. The summed E-state index contributed by atoms with van der Waals surface area (Å²) in [7, 11) is -3.85. The van der Waals surface area contributed by atoms with Crippen molar-refractivity contribution in [1.29, 1.82) is 0 Å². The second-order valence-electron chi connectivity index (χ2n) is 7.31. The molecule has 0 unspecified atom stereocenters. The summed E-state index contributed by atoms with van der Waals surface area (Å²) < 4.78 is 27.8. The van der Waals surface area contributed by atoms with Crippen LogP contribution >= 0.6 is 0 Å². The van der Waals surface area contributed by atoms with Gasteiger partial charge in [-0.1, -0.05) is 64.2 Å². The number of hydrogen-bond donors (Lipinski definition) is 2. The first-order valence-corrected chi connectivity index (χ1v) is 11.8. The van der Waals surface area contributed by atoms with E-state index < -0.39 is 16.0 Å². The Labute approximate surface area is 174 Å². The number of nitrogens with one attached hydrogen (secondary N) is 1. The zero-order chi connectivity index (χ0) is 21.3. The van der Waals surface area contributed by atoms with E-state index >= 15 is 0 Å². The normalized spacial score (nSPS) is 11.4. The van der Waals surface area contributed by atoms with Gasteiger partial charge in [0.15, 0.2) is 0 Å². The summed E-state index contributed by atoms with van der Waals surface area (Å²) in [6, 6.07) is 11.6. The van der Waals surface area contributed by atoms with Crippen LogP contribution < -0.4 is 4.72 Å². The van der Waals surface area contributed by atoms with Gasteiger partial charge in [-0.3, -0.25) is 4.72 Å². The SMILES string of the molecule is CCCCCCCCc1ccc(S(=O)(=O)Nc2ccc(CC)cc2C(=O)O)cc1. The summed E-state index contributed by atoms with van der Waals surface area (Å²) in [6.45, 7) is 4.12. The molecule has 0 bridgehead atoms. The summed E-state index contributed by atoms with van der Waals surface area (Å²) in [4.78, 5) is 11.6. The molecular weight excluding hydrogens is 386 g/mol. The number of carbonyl (C=O) groups is 1. The molecule has 0 atom stereocenters. The number of benzene rings is 2. The van der Waals surface area contributed by atoms with E-state index in [1.807, 2.05) is 19.1 Å². The molecule has 158 valence electrons. The van der Waals surface area contributed by atoms with Gasteiger partial charge in [0.25, 0.3) is 10.0 Å². The summed E-state index contributed by atoms with van der Waals surface area (Å²) >= 11 is 0. The number of sulfonamides is 1. The fourth-order valence-electron chi connectivity index (χ4n) is 3.23. The van der Waals surface area contributed by atoms with Crippen molar-refractivity contribution in [2.24, 2.45) is 0 Å². The minimum absolute atomic E-state index is 0.0485. The van der Waals surface area contributed by atoms with E-state index in [4.69, 9.17) is 0 Å². The fourth-order valence-corrected chi connectivity index (χ4v) is 4.31. The van der Waals surface area contributed by atoms with Gasteiger partial charge in [0.1, 0.15) is 0 Å². The molecule has 0 aromatic heterocycles. The highest BCUT2D eigenvalue weighted by Gasteiger charge is 2.19. The van der Waals surface area contributed by atoms with Crippen molar-refractivity contribution in [1.82, 2.24) is 0 Å². The first-order valence-electron chi connectivity index (χ1n) is 10.4. The van der Waals surface area contributed by atoms with Gasteiger partial charge in [-0.05, 0) is 54.7 Å². The third-order valence-corrected chi connectivity index (χ3v) is 6.40. The maximum Gasteiger partial charge on any atom is 0.337 e. The number of aromatic carboxylic acids is 1. The van der Waals surface area contributed by atoms with Gasteiger partial charge in [-0.2, -0.15) is 0 Å². The molecule has 0 amide bonds. The maximum absolute atomic E-state index is 12.7. The average Bonchev–Trinajstić information content (AvgIpc) is 2.71. The third kappa shape index (κ3) is 6.89. The second kappa shape index (κ2) is 11.0. The standard InChI is InChI=1S/C23H31NO4S/c1-3-5-6-7-8-9-10-19-11-14-20(15-12-19)29(27,28)24-22-16-13-18(4-2)17-21(22)23(25)26/h11-17,24H,3-10H2,1-2H3,(H,25,26). The minimum Gasteiger partial charge on any atom is -0.478 e. The van der Waals surface area contributed by atoms with Crippen LogP contribution in [0.1, 0.15) is 73.9 Å². The van der Waals surface area contributed by atoms with E-state index in [0.29, 0.717) is 6.42 Å². The predicted molar refractivity (Wildman–Crippen MR) is 117 cm³/mol. The van der Waals surface area contributed by atoms with E-state index in [-0.39, 0.29) is 16.1 Å². The summed E-state index contributed by atoms with van der Waals surface area (Å²) in [5.74, 6) is -1.16. The molecule has 0 fully saturated rings. The van der Waals surface area contributed by atoms with Crippen LogP contribution in [0.25, 0.3) is 0 Å². The largest absolute Gasteiger partial charge is 0.478 e. The summed E-state index contributed by atoms with van der Waals surface area (Å²) in [6.07, 6.45) is 8.93. The highest BCUT2D eigenvalue weighted by molar-refractivity contribution is 7.92. The van der Waals surface area contributed by atoms with E-state index in [9.17, 15) is 18.3 Å². The Bertz CT molecular complexity index is 905.